The Morgan fingerprint density at radius 2 is 1.27 bits per heavy atom. The maximum Gasteiger partial charge on any atom is 0.330 e. The lowest BCUT2D eigenvalue weighted by Crippen LogP contribution is -1.92. The van der Waals surface area contributed by atoms with Crippen LogP contribution in [0.3, 0.4) is 0 Å². The maximum atomic E-state index is 9.60. The molecule has 0 heterocycles. The first kappa shape index (κ1) is 16.6. The van der Waals surface area contributed by atoms with Crippen LogP contribution < -0.4 is 0 Å². The van der Waals surface area contributed by atoms with Crippen LogP contribution in [0.4, 0.5) is 0 Å². The Hall–Kier alpha value is -0.870. The number of carbonyl (C=O) groups is 1. The summed E-state index contributed by atoms with van der Waals surface area (Å²) in [7, 11) is 0. The van der Waals surface area contributed by atoms with Crippen LogP contribution >= 0.6 is 0 Å². The van der Waals surface area contributed by atoms with Crippen LogP contribution in [0, 0.1) is 0 Å². The first-order chi connectivity index (χ1) is 7.06. The van der Waals surface area contributed by atoms with E-state index in [1.54, 1.807) is 0 Å². The highest BCUT2D eigenvalue weighted by Gasteiger charge is 1.90. The summed E-state index contributed by atoms with van der Waals surface area (Å²) >= 11 is 0. The number of hydrogen-bond acceptors (Lipinski definition) is 3. The summed E-state index contributed by atoms with van der Waals surface area (Å²) in [5.74, 6) is -0.935. The van der Waals surface area contributed by atoms with Crippen molar-refractivity contribution in [1.29, 1.82) is 0 Å². The minimum Gasteiger partial charge on any atom is -0.478 e. The van der Waals surface area contributed by atoms with Crippen molar-refractivity contribution < 1.29 is 20.1 Å². The van der Waals surface area contributed by atoms with Crippen molar-refractivity contribution >= 4 is 5.97 Å². The fraction of sp³-hybridized carbons (Fsp3) is 0.727. The van der Waals surface area contributed by atoms with Gasteiger partial charge in [0.05, 0.1) is 0 Å². The molecule has 0 unspecified atom stereocenters. The van der Waals surface area contributed by atoms with E-state index in [2.05, 4.69) is 6.58 Å². The maximum absolute atomic E-state index is 9.60. The summed E-state index contributed by atoms with van der Waals surface area (Å²) in [4.78, 5) is 9.60. The number of unbranched alkanes of at least 4 members (excludes halogenated alkanes) is 4. The normalized spacial score (nSPS) is 9.00. The molecule has 90 valence electrons. The Balaban J connectivity index is 0. The molecule has 0 rings (SSSR count). The molecule has 3 N–H and O–H groups in total. The van der Waals surface area contributed by atoms with Crippen molar-refractivity contribution in [1.82, 2.24) is 0 Å². The van der Waals surface area contributed by atoms with Crippen molar-refractivity contribution in [2.45, 2.75) is 39.0 Å². The smallest absolute Gasteiger partial charge is 0.330 e. The molecule has 4 nitrogen and oxygen atoms in total. The highest BCUT2D eigenvalue weighted by molar-refractivity contribution is 5.84. The minimum absolute atomic E-state index is 0.176. The Bertz CT molecular complexity index is 148. The second kappa shape index (κ2) is 13.1. The first-order valence-corrected chi connectivity index (χ1v) is 5.16. The van der Waals surface area contributed by atoms with E-state index in [0.29, 0.717) is 13.2 Å². The number of aliphatic carboxylic acids is 1. The van der Waals surface area contributed by atoms with Crippen molar-refractivity contribution in [3.8, 4) is 0 Å². The molecule has 0 aliphatic rings. The van der Waals surface area contributed by atoms with E-state index in [1.807, 2.05) is 0 Å². The molecule has 0 atom stereocenters. The van der Waals surface area contributed by atoms with Gasteiger partial charge in [0.25, 0.3) is 0 Å². The van der Waals surface area contributed by atoms with E-state index >= 15 is 0 Å². The molecule has 0 spiro atoms. The van der Waals surface area contributed by atoms with Gasteiger partial charge in [-0.15, -0.1) is 0 Å². The van der Waals surface area contributed by atoms with Crippen LogP contribution in [0.25, 0.3) is 0 Å². The molecule has 0 bridgehead atoms. The van der Waals surface area contributed by atoms with Gasteiger partial charge in [-0.1, -0.05) is 25.8 Å². The molecule has 0 saturated carbocycles. The Morgan fingerprint density at radius 3 is 1.47 bits per heavy atom. The zero-order valence-corrected chi connectivity index (χ0v) is 9.41. The average Bonchev–Trinajstić information content (AvgIpc) is 2.18. The fourth-order valence-corrected chi connectivity index (χ4v) is 0.754. The Labute approximate surface area is 91.2 Å². The molecular formula is C11H22O4. The standard InChI is InChI=1S/C7H16O2.C4H6O2/c8-6-4-2-1-3-5-7-9;1-3(2)4(5)6/h8-9H,1-7H2;1H2,2H3,(H,5,6). The number of rotatable bonds is 7. The number of aliphatic hydroxyl groups is 2. The summed E-state index contributed by atoms with van der Waals surface area (Å²) in [5.41, 5.74) is 0.176. The second-order valence-corrected chi connectivity index (χ2v) is 3.30. The molecule has 0 aliphatic carbocycles. The summed E-state index contributed by atoms with van der Waals surface area (Å²) in [5, 5.41) is 24.6. The molecule has 0 fully saturated rings. The van der Waals surface area contributed by atoms with Gasteiger partial charge in [-0.25, -0.2) is 4.79 Å². The highest BCUT2D eigenvalue weighted by Crippen LogP contribution is 2.00. The lowest BCUT2D eigenvalue weighted by Gasteiger charge is -1.95. The summed E-state index contributed by atoms with van der Waals surface area (Å²) in [6, 6.07) is 0. The van der Waals surface area contributed by atoms with E-state index in [4.69, 9.17) is 15.3 Å². The molecule has 15 heavy (non-hydrogen) atoms. The molecule has 4 heteroatoms. The third kappa shape index (κ3) is 19.5. The quantitative estimate of drug-likeness (QED) is 0.447. The van der Waals surface area contributed by atoms with Crippen LogP contribution in [0.15, 0.2) is 12.2 Å². The summed E-state index contributed by atoms with van der Waals surface area (Å²) in [6.07, 6.45) is 5.14. The molecule has 0 aromatic rings. The van der Waals surface area contributed by atoms with Crippen LogP contribution in [-0.2, 0) is 4.79 Å². The first-order valence-electron chi connectivity index (χ1n) is 5.16. The SMILES string of the molecule is C=C(C)C(=O)O.OCCCCCCCO. The lowest BCUT2D eigenvalue weighted by atomic mass is 10.2. The van der Waals surface area contributed by atoms with Gasteiger partial charge in [-0.3, -0.25) is 0 Å². The van der Waals surface area contributed by atoms with Crippen molar-refractivity contribution in [3.05, 3.63) is 12.2 Å². The average molecular weight is 218 g/mol. The number of hydrogen-bond donors (Lipinski definition) is 3. The van der Waals surface area contributed by atoms with Crippen LogP contribution in [-0.4, -0.2) is 34.5 Å². The van der Waals surface area contributed by atoms with Gasteiger partial charge >= 0.3 is 5.97 Å². The van der Waals surface area contributed by atoms with E-state index in [0.717, 1.165) is 32.1 Å². The minimum atomic E-state index is -0.935. The van der Waals surface area contributed by atoms with E-state index in [9.17, 15) is 4.79 Å². The highest BCUT2D eigenvalue weighted by atomic mass is 16.4. The molecule has 0 aromatic heterocycles. The lowest BCUT2D eigenvalue weighted by molar-refractivity contribution is -0.132. The zero-order valence-electron chi connectivity index (χ0n) is 9.41. The number of carboxylic acid groups (broad SMARTS) is 1. The molecule has 0 saturated heterocycles. The van der Waals surface area contributed by atoms with Gasteiger partial charge in [0.15, 0.2) is 0 Å². The molecule has 0 aliphatic heterocycles. The van der Waals surface area contributed by atoms with Crippen LogP contribution in [0.5, 0.6) is 0 Å². The monoisotopic (exact) mass is 218 g/mol. The largest absolute Gasteiger partial charge is 0.478 e. The van der Waals surface area contributed by atoms with E-state index in [-0.39, 0.29) is 5.57 Å². The van der Waals surface area contributed by atoms with Gasteiger partial charge in [0, 0.05) is 18.8 Å². The Morgan fingerprint density at radius 1 is 1.00 bits per heavy atom. The van der Waals surface area contributed by atoms with Crippen molar-refractivity contribution in [3.63, 3.8) is 0 Å². The van der Waals surface area contributed by atoms with Gasteiger partial charge in [0.2, 0.25) is 0 Å². The number of carboxylic acids is 1. The Kier molecular flexibility index (Phi) is 14.5. The van der Waals surface area contributed by atoms with Crippen LogP contribution in [0.2, 0.25) is 0 Å². The van der Waals surface area contributed by atoms with Gasteiger partial charge in [-0.2, -0.15) is 0 Å². The fourth-order valence-electron chi connectivity index (χ4n) is 0.754. The summed E-state index contributed by atoms with van der Waals surface area (Å²) < 4.78 is 0. The van der Waals surface area contributed by atoms with Gasteiger partial charge in [0.1, 0.15) is 0 Å². The molecule has 0 aromatic carbocycles. The zero-order chi connectivity index (χ0) is 12.1. The third-order valence-electron chi connectivity index (χ3n) is 1.68. The van der Waals surface area contributed by atoms with Gasteiger partial charge < -0.3 is 15.3 Å². The molecule has 0 radical (unpaired) electrons. The number of aliphatic hydroxyl groups excluding tert-OH is 2. The van der Waals surface area contributed by atoms with Crippen LogP contribution in [0.1, 0.15) is 39.0 Å². The van der Waals surface area contributed by atoms with E-state index < -0.39 is 5.97 Å². The predicted molar refractivity (Wildman–Crippen MR) is 59.7 cm³/mol. The third-order valence-corrected chi connectivity index (χ3v) is 1.68. The van der Waals surface area contributed by atoms with E-state index in [1.165, 1.54) is 6.92 Å². The predicted octanol–water partition coefficient (Wildman–Crippen LogP) is 1.57. The molecular weight excluding hydrogens is 196 g/mol. The van der Waals surface area contributed by atoms with Crippen molar-refractivity contribution in [2.75, 3.05) is 13.2 Å². The summed E-state index contributed by atoms with van der Waals surface area (Å²) in [6.45, 7) is 5.21. The van der Waals surface area contributed by atoms with Crippen molar-refractivity contribution in [2.24, 2.45) is 0 Å². The topological polar surface area (TPSA) is 77.8 Å². The van der Waals surface area contributed by atoms with Gasteiger partial charge in [-0.05, 0) is 19.8 Å². The second-order valence-electron chi connectivity index (χ2n) is 3.30. The molecule has 0 amide bonds.